The number of amides is 2. The van der Waals surface area contributed by atoms with Gasteiger partial charge in [0.25, 0.3) is 0 Å². The number of carbonyl (C=O) groups is 2. The summed E-state index contributed by atoms with van der Waals surface area (Å²) in [5.74, 6) is 0. The number of para-hydroxylation sites is 2. The van der Waals surface area contributed by atoms with Gasteiger partial charge < -0.3 is 29.5 Å². The number of halogens is 1. The largest absolute Gasteiger partial charge is 0.444 e. The molecule has 2 aromatic heterocycles. The van der Waals surface area contributed by atoms with E-state index < -0.39 is 5.60 Å². The van der Waals surface area contributed by atoms with Crippen LogP contribution in [0.1, 0.15) is 41.5 Å². The third kappa shape index (κ3) is 12.6. The normalized spacial score (nSPS) is 15.0. The Hall–Kier alpha value is -4.36. The van der Waals surface area contributed by atoms with Gasteiger partial charge in [0, 0.05) is 58.6 Å². The van der Waals surface area contributed by atoms with Crippen molar-refractivity contribution >= 4 is 33.8 Å². The zero-order valence-corrected chi connectivity index (χ0v) is 31.0. The highest BCUT2D eigenvalue weighted by Crippen LogP contribution is 2.19. The molecular weight excluding hydrogens is 688 g/mol. The first-order chi connectivity index (χ1) is 23.3. The lowest BCUT2D eigenvalue weighted by molar-refractivity contribution is 0.0223. The van der Waals surface area contributed by atoms with E-state index in [4.69, 9.17) is 9.47 Å². The van der Waals surface area contributed by atoms with Crippen molar-refractivity contribution in [1.29, 1.82) is 0 Å². The third-order valence-electron chi connectivity index (χ3n) is 7.23. The first kappa shape index (κ1) is 37.5. The summed E-state index contributed by atoms with van der Waals surface area (Å²) in [4.78, 5) is 29.4. The lowest BCUT2D eigenvalue weighted by Gasteiger charge is -2.36. The van der Waals surface area contributed by atoms with Crippen molar-refractivity contribution in [2.45, 2.75) is 52.7 Å². The van der Waals surface area contributed by atoms with E-state index in [0.29, 0.717) is 13.1 Å². The van der Waals surface area contributed by atoms with Gasteiger partial charge in [0.15, 0.2) is 0 Å². The molecule has 49 heavy (non-hydrogen) atoms. The van der Waals surface area contributed by atoms with Crippen molar-refractivity contribution < 1.29 is 19.1 Å². The molecule has 2 fully saturated rings. The lowest BCUT2D eigenvalue weighted by Crippen LogP contribution is -2.50. The van der Waals surface area contributed by atoms with Crippen molar-refractivity contribution in [3.05, 3.63) is 89.9 Å². The van der Waals surface area contributed by atoms with E-state index in [1.807, 2.05) is 130 Å². The first-order valence-corrected chi connectivity index (χ1v) is 17.3. The minimum absolute atomic E-state index is 0.200. The molecule has 4 aromatic rings. The van der Waals surface area contributed by atoms with E-state index in [1.54, 1.807) is 16.0 Å². The number of hydrogen-bond donors (Lipinski definition) is 1. The van der Waals surface area contributed by atoms with E-state index in [2.05, 4.69) is 36.3 Å². The Bertz CT molecular complexity index is 1580. The summed E-state index contributed by atoms with van der Waals surface area (Å²) in [6.45, 7) is 17.4. The molecule has 0 bridgehead atoms. The predicted molar refractivity (Wildman–Crippen MR) is 196 cm³/mol. The quantitative estimate of drug-likeness (QED) is 0.258. The molecule has 2 aromatic carbocycles. The van der Waals surface area contributed by atoms with E-state index in [9.17, 15) is 9.59 Å². The lowest BCUT2D eigenvalue weighted by atomic mass is 10.2. The summed E-state index contributed by atoms with van der Waals surface area (Å²) in [7, 11) is 0. The molecule has 0 spiro atoms. The summed E-state index contributed by atoms with van der Waals surface area (Å²) >= 11 is 3.35. The van der Waals surface area contributed by atoms with Gasteiger partial charge in [-0.2, -0.15) is 10.2 Å². The summed E-state index contributed by atoms with van der Waals surface area (Å²) in [5.41, 5.74) is 2.34. The van der Waals surface area contributed by atoms with Gasteiger partial charge in [-0.3, -0.25) is 0 Å². The van der Waals surface area contributed by atoms with Gasteiger partial charge in [-0.1, -0.05) is 36.4 Å². The highest BCUT2D eigenvalue weighted by atomic mass is 79.9. The molecule has 0 aliphatic carbocycles. The Morgan fingerprint density at radius 1 is 0.633 bits per heavy atom. The second-order valence-electron chi connectivity index (χ2n) is 13.6. The van der Waals surface area contributed by atoms with E-state index in [-0.39, 0.29) is 17.8 Å². The second-order valence-corrected chi connectivity index (χ2v) is 14.5. The van der Waals surface area contributed by atoms with Crippen LogP contribution in [0.4, 0.5) is 15.3 Å². The van der Waals surface area contributed by atoms with Gasteiger partial charge in [0.1, 0.15) is 11.2 Å². The summed E-state index contributed by atoms with van der Waals surface area (Å²) < 4.78 is 15.4. The Kier molecular flexibility index (Phi) is 13.3. The number of rotatable bonds is 3. The van der Waals surface area contributed by atoms with Gasteiger partial charge in [-0.25, -0.2) is 19.0 Å². The molecule has 264 valence electrons. The molecular formula is C36H49BrN8O4. The fourth-order valence-corrected chi connectivity index (χ4v) is 5.15. The van der Waals surface area contributed by atoms with Crippen molar-refractivity contribution in [1.82, 2.24) is 34.7 Å². The Labute approximate surface area is 298 Å². The zero-order chi connectivity index (χ0) is 35.4. The Morgan fingerprint density at radius 2 is 1.08 bits per heavy atom. The molecule has 12 nitrogen and oxygen atoms in total. The number of ether oxygens (including phenoxy) is 2. The van der Waals surface area contributed by atoms with Crippen LogP contribution < -0.4 is 10.2 Å². The van der Waals surface area contributed by atoms with Crippen molar-refractivity contribution in [3.63, 3.8) is 0 Å². The smallest absolute Gasteiger partial charge is 0.410 e. The molecule has 2 aliphatic rings. The van der Waals surface area contributed by atoms with Crippen LogP contribution in [0.15, 0.2) is 89.9 Å². The number of benzene rings is 2. The van der Waals surface area contributed by atoms with Gasteiger partial charge in [-0.15, -0.1) is 0 Å². The Balaban J connectivity index is 0.000000182. The number of nitrogens with one attached hydrogen (secondary N) is 1. The van der Waals surface area contributed by atoms with Gasteiger partial charge in [0.2, 0.25) is 0 Å². The Morgan fingerprint density at radius 3 is 1.53 bits per heavy atom. The maximum absolute atomic E-state index is 12.1. The molecule has 0 radical (unpaired) electrons. The first-order valence-electron chi connectivity index (χ1n) is 16.5. The zero-order valence-electron chi connectivity index (χ0n) is 29.4. The van der Waals surface area contributed by atoms with E-state index >= 15 is 0 Å². The molecule has 13 heteroatoms. The average molecular weight is 738 g/mol. The van der Waals surface area contributed by atoms with Crippen LogP contribution in [0.25, 0.3) is 11.4 Å². The highest BCUT2D eigenvalue weighted by molar-refractivity contribution is 9.10. The standard InChI is InChI=1S/C18H24N4O2.C9H7BrN2.C9H18N2O2/c1-18(2,3)24-17(23)21-11-9-20(10-12-21)16-13-19-22(14-16)15-7-5-4-6-8-15;10-8-6-11-12(7-8)9-4-2-1-3-5-9;1-9(2,3)13-8(12)11-6-4-10-5-7-11/h4-8,13-14H,9-12H2,1-3H3;1-7H;10H,4-7H2,1-3H3. The molecule has 1 N–H and O–H groups in total. The SMILES string of the molecule is Brc1cnn(-c2ccccc2)c1.CC(C)(C)OC(=O)N1CCN(c2cnn(-c3ccccc3)c2)CC1.CC(C)(C)OC(=O)N1CCNCC1. The third-order valence-corrected chi connectivity index (χ3v) is 7.64. The maximum Gasteiger partial charge on any atom is 0.410 e. The van der Waals surface area contributed by atoms with Gasteiger partial charge >= 0.3 is 12.2 Å². The van der Waals surface area contributed by atoms with E-state index in [1.165, 1.54) is 0 Å². The summed E-state index contributed by atoms with van der Waals surface area (Å²) in [5, 5.41) is 11.8. The summed E-state index contributed by atoms with van der Waals surface area (Å²) in [6.07, 6.45) is 7.16. The number of hydrogen-bond acceptors (Lipinski definition) is 8. The van der Waals surface area contributed by atoms with Crippen LogP contribution in [-0.4, -0.2) is 105 Å². The number of piperazine rings is 2. The van der Waals surface area contributed by atoms with Gasteiger partial charge in [0.05, 0.1) is 40.1 Å². The second kappa shape index (κ2) is 17.3. The molecule has 0 unspecified atom stereocenters. The number of nitrogens with zero attached hydrogens (tertiary/aromatic N) is 7. The van der Waals surface area contributed by atoms with Gasteiger partial charge in [-0.05, 0) is 81.7 Å². The van der Waals surface area contributed by atoms with Crippen LogP contribution in [0, 0.1) is 0 Å². The molecule has 2 saturated heterocycles. The van der Waals surface area contributed by atoms with Crippen LogP contribution in [0.3, 0.4) is 0 Å². The average Bonchev–Trinajstić information content (AvgIpc) is 3.75. The van der Waals surface area contributed by atoms with Crippen molar-refractivity contribution in [3.8, 4) is 11.4 Å². The minimum atomic E-state index is -0.453. The minimum Gasteiger partial charge on any atom is -0.444 e. The molecule has 0 saturated carbocycles. The van der Waals surface area contributed by atoms with Crippen LogP contribution in [0.5, 0.6) is 0 Å². The molecule has 0 atom stereocenters. The number of anilines is 1. The molecule has 2 amide bonds. The van der Waals surface area contributed by atoms with Crippen LogP contribution in [0.2, 0.25) is 0 Å². The topological polar surface area (TPSA) is 110 Å². The van der Waals surface area contributed by atoms with Crippen LogP contribution >= 0.6 is 15.9 Å². The number of aromatic nitrogens is 4. The molecule has 2 aliphatic heterocycles. The van der Waals surface area contributed by atoms with Crippen molar-refractivity contribution in [2.24, 2.45) is 0 Å². The monoisotopic (exact) mass is 736 g/mol. The predicted octanol–water partition coefficient (Wildman–Crippen LogP) is 6.39. The van der Waals surface area contributed by atoms with Crippen LogP contribution in [-0.2, 0) is 9.47 Å². The van der Waals surface area contributed by atoms with E-state index in [0.717, 1.165) is 60.8 Å². The number of carbonyl (C=O) groups excluding carboxylic acids is 2. The maximum atomic E-state index is 12.1. The highest BCUT2D eigenvalue weighted by Gasteiger charge is 2.26. The fraction of sp³-hybridized carbons (Fsp3) is 0.444. The summed E-state index contributed by atoms with van der Waals surface area (Å²) in [6, 6.07) is 20.0. The molecule has 4 heterocycles. The molecule has 6 rings (SSSR count). The van der Waals surface area contributed by atoms with Crippen molar-refractivity contribution in [2.75, 3.05) is 57.3 Å². The fourth-order valence-electron chi connectivity index (χ4n) is 4.87.